The number of allylic oxidation sites excluding steroid dienone is 1. The van der Waals surface area contributed by atoms with Crippen LogP contribution in [0.3, 0.4) is 0 Å². The fraction of sp³-hybridized carbons (Fsp3) is 0.389. The maximum absolute atomic E-state index is 12.3. The standard InChI is InChI=1S/C18H19NO4/c1-2-18(10-6-3-7-11-18)12-15(20)23-19-16(21)13-8-4-5-9-14(13)17(19)22/h2,4-5,8-9H,1,3,6-7,10-12H2. The number of nitrogens with zero attached hydrogens (tertiary/aromatic N) is 1. The van der Waals surface area contributed by atoms with Crippen molar-refractivity contribution in [2.45, 2.75) is 38.5 Å². The Hall–Kier alpha value is -2.43. The van der Waals surface area contributed by atoms with Gasteiger partial charge < -0.3 is 4.84 Å². The molecule has 0 spiro atoms. The third-order valence-corrected chi connectivity index (χ3v) is 4.73. The number of hydrogen-bond donors (Lipinski definition) is 0. The van der Waals surface area contributed by atoms with E-state index in [-0.39, 0.29) is 23.0 Å². The summed E-state index contributed by atoms with van der Waals surface area (Å²) in [5.41, 5.74) is 0.247. The largest absolute Gasteiger partial charge is 0.334 e. The normalized spacial score (nSPS) is 19.4. The highest BCUT2D eigenvalue weighted by atomic mass is 16.7. The van der Waals surface area contributed by atoms with Gasteiger partial charge in [0.25, 0.3) is 11.8 Å². The molecule has 1 aliphatic heterocycles. The minimum Gasteiger partial charge on any atom is -0.330 e. The molecule has 0 saturated heterocycles. The summed E-state index contributed by atoms with van der Waals surface area (Å²) in [6.45, 7) is 3.85. The van der Waals surface area contributed by atoms with Crippen molar-refractivity contribution in [3.05, 3.63) is 48.0 Å². The van der Waals surface area contributed by atoms with Crippen LogP contribution in [0.1, 0.15) is 59.2 Å². The van der Waals surface area contributed by atoms with E-state index in [2.05, 4.69) is 6.58 Å². The molecule has 1 heterocycles. The summed E-state index contributed by atoms with van der Waals surface area (Å²) in [6, 6.07) is 6.44. The Balaban J connectivity index is 1.70. The number of carbonyl (C=O) groups excluding carboxylic acids is 3. The Morgan fingerprint density at radius 2 is 1.70 bits per heavy atom. The van der Waals surface area contributed by atoms with E-state index >= 15 is 0 Å². The topological polar surface area (TPSA) is 63.7 Å². The molecule has 0 radical (unpaired) electrons. The van der Waals surface area contributed by atoms with Gasteiger partial charge in [0.2, 0.25) is 0 Å². The molecule has 0 bridgehead atoms. The molecular weight excluding hydrogens is 294 g/mol. The molecule has 2 aliphatic rings. The predicted octanol–water partition coefficient (Wildman–Crippen LogP) is 3.27. The lowest BCUT2D eigenvalue weighted by molar-refractivity contribution is -0.171. The average Bonchev–Trinajstić information content (AvgIpc) is 2.81. The molecule has 120 valence electrons. The first-order chi connectivity index (χ1) is 11.1. The van der Waals surface area contributed by atoms with Crippen LogP contribution < -0.4 is 0 Å². The molecule has 5 heteroatoms. The molecule has 0 aromatic heterocycles. The highest BCUT2D eigenvalue weighted by Gasteiger charge is 2.40. The van der Waals surface area contributed by atoms with Crippen LogP contribution in [0.15, 0.2) is 36.9 Å². The lowest BCUT2D eigenvalue weighted by Crippen LogP contribution is -2.35. The van der Waals surface area contributed by atoms with E-state index < -0.39 is 17.8 Å². The fourth-order valence-electron chi connectivity index (χ4n) is 3.38. The third-order valence-electron chi connectivity index (χ3n) is 4.73. The van der Waals surface area contributed by atoms with Crippen LogP contribution in [0.2, 0.25) is 0 Å². The highest BCUT2D eigenvalue weighted by Crippen LogP contribution is 2.40. The van der Waals surface area contributed by atoms with Crippen molar-refractivity contribution in [2.24, 2.45) is 5.41 Å². The minimum absolute atomic E-state index is 0.143. The number of hydroxylamine groups is 2. The molecule has 3 rings (SSSR count). The molecule has 0 atom stereocenters. The fourth-order valence-corrected chi connectivity index (χ4v) is 3.38. The predicted molar refractivity (Wildman–Crippen MR) is 83.4 cm³/mol. The van der Waals surface area contributed by atoms with Gasteiger partial charge >= 0.3 is 5.97 Å². The van der Waals surface area contributed by atoms with Crippen LogP contribution in [0.25, 0.3) is 0 Å². The molecule has 2 amide bonds. The summed E-state index contributed by atoms with van der Waals surface area (Å²) < 4.78 is 0. The van der Waals surface area contributed by atoms with Gasteiger partial charge in [-0.25, -0.2) is 4.79 Å². The summed E-state index contributed by atoms with van der Waals surface area (Å²) in [5.74, 6) is -1.74. The van der Waals surface area contributed by atoms with Gasteiger partial charge in [-0.15, -0.1) is 6.58 Å². The number of carbonyl (C=O) groups is 3. The van der Waals surface area contributed by atoms with E-state index in [4.69, 9.17) is 4.84 Å². The Kier molecular flexibility index (Phi) is 4.03. The molecule has 1 aromatic carbocycles. The second-order valence-electron chi connectivity index (χ2n) is 6.22. The Bertz CT molecular complexity index is 638. The van der Waals surface area contributed by atoms with Crippen LogP contribution in [-0.4, -0.2) is 22.8 Å². The van der Waals surface area contributed by atoms with Gasteiger partial charge in [-0.05, 0) is 30.4 Å². The van der Waals surface area contributed by atoms with E-state index in [1.165, 1.54) is 0 Å². The molecule has 0 N–H and O–H groups in total. The number of amides is 2. The molecule has 1 aromatic rings. The van der Waals surface area contributed by atoms with Crippen molar-refractivity contribution in [1.82, 2.24) is 5.06 Å². The van der Waals surface area contributed by atoms with Crippen LogP contribution >= 0.6 is 0 Å². The van der Waals surface area contributed by atoms with Crippen LogP contribution in [0.4, 0.5) is 0 Å². The zero-order valence-electron chi connectivity index (χ0n) is 12.9. The van der Waals surface area contributed by atoms with Crippen molar-refractivity contribution in [1.29, 1.82) is 0 Å². The monoisotopic (exact) mass is 313 g/mol. The zero-order chi connectivity index (χ0) is 16.4. The van der Waals surface area contributed by atoms with Gasteiger partial charge in [-0.2, -0.15) is 0 Å². The third kappa shape index (κ3) is 2.79. The van der Waals surface area contributed by atoms with E-state index in [1.54, 1.807) is 24.3 Å². The zero-order valence-corrected chi connectivity index (χ0v) is 12.9. The molecule has 5 nitrogen and oxygen atoms in total. The molecular formula is C18H19NO4. The second kappa shape index (κ2) is 5.99. The first kappa shape index (κ1) is 15.5. The summed E-state index contributed by atoms with van der Waals surface area (Å²) in [6.07, 6.45) is 6.98. The maximum Gasteiger partial charge on any atom is 0.334 e. The Labute approximate surface area is 134 Å². The van der Waals surface area contributed by atoms with E-state index in [1.807, 2.05) is 6.08 Å². The quantitative estimate of drug-likeness (QED) is 0.632. The first-order valence-corrected chi connectivity index (χ1v) is 7.88. The first-order valence-electron chi connectivity index (χ1n) is 7.88. The summed E-state index contributed by atoms with van der Waals surface area (Å²) in [7, 11) is 0. The van der Waals surface area contributed by atoms with Gasteiger partial charge in [0.05, 0.1) is 17.5 Å². The highest BCUT2D eigenvalue weighted by molar-refractivity contribution is 6.20. The summed E-state index contributed by atoms with van der Waals surface area (Å²) in [5, 5.41) is 0.576. The number of fused-ring (bicyclic) bond motifs is 1. The number of hydrogen-bond acceptors (Lipinski definition) is 4. The summed E-state index contributed by atoms with van der Waals surface area (Å²) in [4.78, 5) is 41.7. The average molecular weight is 313 g/mol. The number of benzene rings is 1. The minimum atomic E-state index is -0.588. The molecule has 0 unspecified atom stereocenters. The van der Waals surface area contributed by atoms with Crippen molar-refractivity contribution >= 4 is 17.8 Å². The van der Waals surface area contributed by atoms with Crippen LogP contribution in [0.5, 0.6) is 0 Å². The van der Waals surface area contributed by atoms with Crippen molar-refractivity contribution in [3.8, 4) is 0 Å². The molecule has 1 fully saturated rings. The van der Waals surface area contributed by atoms with Crippen molar-refractivity contribution in [3.63, 3.8) is 0 Å². The van der Waals surface area contributed by atoms with E-state index in [9.17, 15) is 14.4 Å². The lowest BCUT2D eigenvalue weighted by Gasteiger charge is -2.33. The van der Waals surface area contributed by atoms with Gasteiger partial charge in [0.15, 0.2) is 0 Å². The number of imide groups is 1. The van der Waals surface area contributed by atoms with Gasteiger partial charge in [0, 0.05) is 0 Å². The van der Waals surface area contributed by atoms with Crippen LogP contribution in [-0.2, 0) is 9.63 Å². The van der Waals surface area contributed by atoms with Crippen LogP contribution in [0, 0.1) is 5.41 Å². The number of rotatable bonds is 4. The smallest absolute Gasteiger partial charge is 0.330 e. The van der Waals surface area contributed by atoms with Gasteiger partial charge in [0.1, 0.15) is 0 Å². The van der Waals surface area contributed by atoms with E-state index in [0.717, 1.165) is 32.1 Å². The Morgan fingerprint density at radius 3 is 2.22 bits per heavy atom. The SMILES string of the molecule is C=CC1(CC(=O)ON2C(=O)c3ccccc3C2=O)CCCCC1. The van der Waals surface area contributed by atoms with Gasteiger partial charge in [-0.1, -0.05) is 42.5 Å². The molecule has 1 saturated carbocycles. The van der Waals surface area contributed by atoms with Crippen molar-refractivity contribution < 1.29 is 19.2 Å². The second-order valence-corrected chi connectivity index (χ2v) is 6.22. The van der Waals surface area contributed by atoms with E-state index in [0.29, 0.717) is 5.06 Å². The van der Waals surface area contributed by atoms with Gasteiger partial charge in [-0.3, -0.25) is 9.59 Å². The summed E-state index contributed by atoms with van der Waals surface area (Å²) >= 11 is 0. The lowest BCUT2D eigenvalue weighted by atomic mass is 9.72. The molecule has 23 heavy (non-hydrogen) atoms. The van der Waals surface area contributed by atoms with Crippen molar-refractivity contribution in [2.75, 3.05) is 0 Å². The molecule has 1 aliphatic carbocycles. The maximum atomic E-state index is 12.3. The Morgan fingerprint density at radius 1 is 1.13 bits per heavy atom.